The van der Waals surface area contributed by atoms with Crippen molar-refractivity contribution in [3.05, 3.63) is 12.2 Å². The highest BCUT2D eigenvalue weighted by Crippen LogP contribution is 2.16. The summed E-state index contributed by atoms with van der Waals surface area (Å²) in [4.78, 5) is 13.7. The Labute approximate surface area is 125 Å². The first-order valence-electron chi connectivity index (χ1n) is 7.62. The number of rotatable bonds is 8. The van der Waals surface area contributed by atoms with E-state index in [4.69, 9.17) is 0 Å². The second kappa shape index (κ2) is 7.00. The van der Waals surface area contributed by atoms with Crippen molar-refractivity contribution < 1.29 is 9.90 Å². The van der Waals surface area contributed by atoms with Gasteiger partial charge in [-0.05, 0) is 39.3 Å². The van der Waals surface area contributed by atoms with Crippen LogP contribution < -0.4 is 5.32 Å². The van der Waals surface area contributed by atoms with E-state index in [9.17, 15) is 9.90 Å². The first-order valence-corrected chi connectivity index (χ1v) is 7.62. The van der Waals surface area contributed by atoms with E-state index >= 15 is 0 Å². The van der Waals surface area contributed by atoms with E-state index in [1.165, 1.54) is 0 Å². The molecule has 0 radical (unpaired) electrons. The summed E-state index contributed by atoms with van der Waals surface area (Å²) in [5, 5.41) is 20.4. The smallest absolute Gasteiger partial charge is 0.323 e. The highest BCUT2D eigenvalue weighted by atomic mass is 16.4. The summed E-state index contributed by atoms with van der Waals surface area (Å²) in [7, 11) is 0. The van der Waals surface area contributed by atoms with Crippen LogP contribution in [0.3, 0.4) is 0 Å². The molecule has 118 valence electrons. The van der Waals surface area contributed by atoms with Crippen LogP contribution in [-0.2, 0) is 17.9 Å². The van der Waals surface area contributed by atoms with Crippen molar-refractivity contribution in [2.45, 2.75) is 51.7 Å². The molecular formula is C14H25N5O2. The zero-order valence-corrected chi connectivity index (χ0v) is 12.9. The van der Waals surface area contributed by atoms with E-state index in [2.05, 4.69) is 25.0 Å². The average Bonchev–Trinajstić information content (AvgIpc) is 2.91. The number of nitrogens with one attached hydrogen (secondary N) is 1. The van der Waals surface area contributed by atoms with Crippen molar-refractivity contribution in [3.8, 4) is 0 Å². The monoisotopic (exact) mass is 295 g/mol. The van der Waals surface area contributed by atoms with E-state index in [1.54, 1.807) is 13.3 Å². The predicted molar refractivity (Wildman–Crippen MR) is 78.9 cm³/mol. The van der Waals surface area contributed by atoms with Gasteiger partial charge in [-0.15, -0.1) is 10.2 Å². The molecule has 0 aromatic carbocycles. The number of carbonyl (C=O) groups is 1. The Hall–Kier alpha value is -1.47. The molecule has 1 aliphatic heterocycles. The van der Waals surface area contributed by atoms with Crippen LogP contribution in [0.5, 0.6) is 0 Å². The normalized spacial score (nSPS) is 18.2. The molecule has 1 aromatic rings. The van der Waals surface area contributed by atoms with Crippen molar-refractivity contribution in [1.29, 1.82) is 0 Å². The fraction of sp³-hybridized carbons (Fsp3) is 0.786. The Morgan fingerprint density at radius 1 is 1.48 bits per heavy atom. The molecule has 0 saturated carbocycles. The maximum absolute atomic E-state index is 11.3. The van der Waals surface area contributed by atoms with Crippen molar-refractivity contribution >= 4 is 5.97 Å². The van der Waals surface area contributed by atoms with Crippen molar-refractivity contribution in [1.82, 2.24) is 25.0 Å². The molecule has 7 heteroatoms. The molecule has 0 aliphatic carbocycles. The number of aliphatic carboxylic acids is 1. The molecule has 21 heavy (non-hydrogen) atoms. The molecule has 1 aliphatic rings. The topological polar surface area (TPSA) is 83.3 Å². The lowest BCUT2D eigenvalue weighted by Gasteiger charge is -2.28. The van der Waals surface area contributed by atoms with Crippen LogP contribution >= 0.6 is 0 Å². The van der Waals surface area contributed by atoms with Crippen LogP contribution in [0.1, 0.15) is 38.9 Å². The SMILES string of the molecule is CCNC(C)(CCCCN1CCn2cnnc2C1)C(=O)O. The third-order valence-corrected chi connectivity index (χ3v) is 4.16. The van der Waals surface area contributed by atoms with E-state index in [0.29, 0.717) is 13.0 Å². The number of hydrogen-bond acceptors (Lipinski definition) is 5. The molecule has 0 amide bonds. The molecule has 0 saturated heterocycles. The number of fused-ring (bicyclic) bond motifs is 1. The third kappa shape index (κ3) is 4.01. The number of likely N-dealkylation sites (N-methyl/N-ethyl adjacent to an activating group) is 1. The van der Waals surface area contributed by atoms with Gasteiger partial charge in [0.15, 0.2) is 0 Å². The van der Waals surface area contributed by atoms with Crippen molar-refractivity contribution in [2.75, 3.05) is 19.6 Å². The molecule has 1 unspecified atom stereocenters. The second-order valence-electron chi connectivity index (χ2n) is 5.84. The molecule has 1 atom stereocenters. The van der Waals surface area contributed by atoms with Gasteiger partial charge in [0.2, 0.25) is 0 Å². The molecule has 0 bridgehead atoms. The van der Waals surface area contributed by atoms with E-state index < -0.39 is 11.5 Å². The second-order valence-corrected chi connectivity index (χ2v) is 5.84. The minimum Gasteiger partial charge on any atom is -0.480 e. The summed E-state index contributed by atoms with van der Waals surface area (Å²) in [5.74, 6) is 0.250. The first kappa shape index (κ1) is 15.9. The highest BCUT2D eigenvalue weighted by Gasteiger charge is 2.31. The fourth-order valence-corrected chi connectivity index (χ4v) is 2.78. The lowest BCUT2D eigenvalue weighted by Crippen LogP contribution is -2.49. The van der Waals surface area contributed by atoms with Gasteiger partial charge in [-0.2, -0.15) is 0 Å². The van der Waals surface area contributed by atoms with Gasteiger partial charge >= 0.3 is 5.97 Å². The molecule has 2 rings (SSSR count). The number of unbranched alkanes of at least 4 members (excludes halogenated alkanes) is 1. The summed E-state index contributed by atoms with van der Waals surface area (Å²) in [6, 6.07) is 0. The van der Waals surface area contributed by atoms with Gasteiger partial charge < -0.3 is 15.0 Å². The van der Waals surface area contributed by atoms with Crippen LogP contribution in [0.4, 0.5) is 0 Å². The summed E-state index contributed by atoms with van der Waals surface area (Å²) in [6.07, 6.45) is 4.34. The predicted octanol–water partition coefficient (Wildman–Crippen LogP) is 0.717. The molecule has 0 spiro atoms. The number of aromatic nitrogens is 3. The molecular weight excluding hydrogens is 270 g/mol. The first-order chi connectivity index (χ1) is 10.0. The average molecular weight is 295 g/mol. The summed E-state index contributed by atoms with van der Waals surface area (Å²) in [6.45, 7) is 8.14. The minimum atomic E-state index is -0.809. The Balaban J connectivity index is 1.71. The van der Waals surface area contributed by atoms with Crippen molar-refractivity contribution in [2.24, 2.45) is 0 Å². The Morgan fingerprint density at radius 2 is 2.29 bits per heavy atom. The van der Waals surface area contributed by atoms with Gasteiger partial charge in [-0.1, -0.05) is 6.92 Å². The zero-order valence-electron chi connectivity index (χ0n) is 12.9. The molecule has 2 heterocycles. The van der Waals surface area contributed by atoms with Crippen LogP contribution in [0.25, 0.3) is 0 Å². The lowest BCUT2D eigenvalue weighted by molar-refractivity contribution is -0.144. The maximum Gasteiger partial charge on any atom is 0.323 e. The Morgan fingerprint density at radius 3 is 3.00 bits per heavy atom. The van der Waals surface area contributed by atoms with Gasteiger partial charge in [0.1, 0.15) is 17.7 Å². The number of hydrogen-bond donors (Lipinski definition) is 2. The Kier molecular flexibility index (Phi) is 5.30. The molecule has 1 aromatic heterocycles. The standard InChI is InChI=1S/C14H25N5O2/c1-3-15-14(2,13(20)21)6-4-5-7-18-8-9-19-11-16-17-12(19)10-18/h11,15H,3-10H2,1-2H3,(H,20,21). The lowest BCUT2D eigenvalue weighted by atomic mass is 9.95. The minimum absolute atomic E-state index is 0.653. The number of carboxylic acid groups (broad SMARTS) is 1. The zero-order chi connectivity index (χ0) is 15.3. The number of carboxylic acids is 1. The largest absolute Gasteiger partial charge is 0.480 e. The summed E-state index contributed by atoms with van der Waals surface area (Å²) in [5.41, 5.74) is -0.809. The number of nitrogens with zero attached hydrogens (tertiary/aromatic N) is 4. The maximum atomic E-state index is 11.3. The fourth-order valence-electron chi connectivity index (χ4n) is 2.78. The summed E-state index contributed by atoms with van der Waals surface area (Å²) >= 11 is 0. The van der Waals surface area contributed by atoms with E-state index in [-0.39, 0.29) is 0 Å². The van der Waals surface area contributed by atoms with Crippen LogP contribution in [0.15, 0.2) is 6.33 Å². The van der Waals surface area contributed by atoms with Crippen molar-refractivity contribution in [3.63, 3.8) is 0 Å². The molecule has 2 N–H and O–H groups in total. The van der Waals surface area contributed by atoms with Crippen LogP contribution in [0, 0.1) is 0 Å². The third-order valence-electron chi connectivity index (χ3n) is 4.16. The van der Waals surface area contributed by atoms with Crippen LogP contribution in [0.2, 0.25) is 0 Å². The van der Waals surface area contributed by atoms with E-state index in [1.807, 2.05) is 6.92 Å². The molecule has 7 nitrogen and oxygen atoms in total. The summed E-state index contributed by atoms with van der Waals surface area (Å²) < 4.78 is 2.09. The molecule has 0 fully saturated rings. The Bertz CT molecular complexity index is 476. The van der Waals surface area contributed by atoms with Gasteiger partial charge in [-0.25, -0.2) is 0 Å². The van der Waals surface area contributed by atoms with Crippen LogP contribution in [-0.4, -0.2) is 55.9 Å². The van der Waals surface area contributed by atoms with Gasteiger partial charge in [0, 0.05) is 13.1 Å². The van der Waals surface area contributed by atoms with Gasteiger partial charge in [-0.3, -0.25) is 9.69 Å². The highest BCUT2D eigenvalue weighted by molar-refractivity contribution is 5.78. The quantitative estimate of drug-likeness (QED) is 0.688. The van der Waals surface area contributed by atoms with Gasteiger partial charge in [0.05, 0.1) is 6.54 Å². The van der Waals surface area contributed by atoms with Gasteiger partial charge in [0.25, 0.3) is 0 Å². The van der Waals surface area contributed by atoms with E-state index in [0.717, 1.165) is 44.8 Å².